The van der Waals surface area contributed by atoms with E-state index < -0.39 is 17.9 Å². The average molecular weight is 338 g/mol. The Bertz CT molecular complexity index is 597. The van der Waals surface area contributed by atoms with Crippen molar-refractivity contribution in [2.45, 2.75) is 45.6 Å². The molecule has 0 unspecified atom stereocenters. The fourth-order valence-corrected chi connectivity index (χ4v) is 3.66. The fourth-order valence-electron chi connectivity index (χ4n) is 2.55. The molecule has 0 fully saturated rings. The number of hydrogen-bond donors (Lipinski definition) is 2. The van der Waals surface area contributed by atoms with Crippen molar-refractivity contribution in [1.82, 2.24) is 10.6 Å². The van der Waals surface area contributed by atoms with Crippen LogP contribution in [0.1, 0.15) is 47.5 Å². The van der Waals surface area contributed by atoms with Crippen LogP contribution in [0.3, 0.4) is 0 Å². The first-order valence-electron chi connectivity index (χ1n) is 7.86. The second-order valence-corrected chi connectivity index (χ2v) is 6.48. The minimum Gasteiger partial charge on any atom is -0.452 e. The van der Waals surface area contributed by atoms with Gasteiger partial charge in [-0.1, -0.05) is 0 Å². The topological polar surface area (TPSA) is 84.5 Å². The summed E-state index contributed by atoms with van der Waals surface area (Å²) in [4.78, 5) is 36.7. The van der Waals surface area contributed by atoms with Crippen LogP contribution in [-0.2, 0) is 27.2 Å². The Labute approximate surface area is 139 Å². The molecular weight excluding hydrogens is 316 g/mol. The number of amides is 2. The first kappa shape index (κ1) is 17.5. The summed E-state index contributed by atoms with van der Waals surface area (Å²) in [6.07, 6.45) is 4.14. The van der Waals surface area contributed by atoms with Crippen molar-refractivity contribution < 1.29 is 19.1 Å². The fraction of sp³-hybridized carbons (Fsp3) is 0.562. The number of ether oxygens (including phenoxy) is 1. The Morgan fingerprint density at radius 1 is 1.30 bits per heavy atom. The molecule has 0 aromatic carbocycles. The number of carbonyl (C=O) groups excluding carboxylic acids is 3. The van der Waals surface area contributed by atoms with Crippen LogP contribution >= 0.6 is 11.3 Å². The molecule has 126 valence electrons. The summed E-state index contributed by atoms with van der Waals surface area (Å²) >= 11 is 1.58. The summed E-state index contributed by atoms with van der Waals surface area (Å²) in [5.41, 5.74) is 1.65. The van der Waals surface area contributed by atoms with Gasteiger partial charge in [-0.3, -0.25) is 9.59 Å². The largest absolute Gasteiger partial charge is 0.452 e. The number of likely N-dealkylation sites (N-methyl/N-ethyl adjacent to an activating group) is 1. The van der Waals surface area contributed by atoms with E-state index in [-0.39, 0.29) is 12.5 Å². The zero-order chi connectivity index (χ0) is 16.8. The SMILES string of the molecule is CCNC(=O)[C@H](C)NC(=O)COC(=O)c1csc2c1CCCC2. The molecule has 0 saturated heterocycles. The quantitative estimate of drug-likeness (QED) is 0.769. The number of thiophene rings is 1. The third kappa shape index (κ3) is 4.54. The second-order valence-electron chi connectivity index (χ2n) is 5.52. The number of carbonyl (C=O) groups is 3. The predicted molar refractivity (Wildman–Crippen MR) is 87.5 cm³/mol. The average Bonchev–Trinajstić information content (AvgIpc) is 2.97. The number of rotatable bonds is 6. The molecule has 23 heavy (non-hydrogen) atoms. The van der Waals surface area contributed by atoms with Crippen LogP contribution in [0.4, 0.5) is 0 Å². The highest BCUT2D eigenvalue weighted by atomic mass is 32.1. The summed E-state index contributed by atoms with van der Waals surface area (Å²) in [6.45, 7) is 3.50. The van der Waals surface area contributed by atoms with Crippen molar-refractivity contribution in [2.24, 2.45) is 0 Å². The first-order chi connectivity index (χ1) is 11.0. The van der Waals surface area contributed by atoms with Crippen LogP contribution in [0.2, 0.25) is 0 Å². The van der Waals surface area contributed by atoms with E-state index in [4.69, 9.17) is 4.74 Å². The van der Waals surface area contributed by atoms with Crippen molar-refractivity contribution in [3.05, 3.63) is 21.4 Å². The predicted octanol–water partition coefficient (Wildman–Crippen LogP) is 1.42. The van der Waals surface area contributed by atoms with E-state index in [1.54, 1.807) is 25.2 Å². The number of hydrogen-bond acceptors (Lipinski definition) is 5. The van der Waals surface area contributed by atoms with Gasteiger partial charge in [0, 0.05) is 16.8 Å². The molecule has 0 saturated carbocycles. The van der Waals surface area contributed by atoms with E-state index in [1.807, 2.05) is 5.38 Å². The van der Waals surface area contributed by atoms with Crippen LogP contribution in [0.15, 0.2) is 5.38 Å². The lowest BCUT2D eigenvalue weighted by Crippen LogP contribution is -2.46. The summed E-state index contributed by atoms with van der Waals surface area (Å²) in [6, 6.07) is -0.657. The highest BCUT2D eigenvalue weighted by Gasteiger charge is 2.22. The monoisotopic (exact) mass is 338 g/mol. The molecule has 2 N–H and O–H groups in total. The standard InChI is InChI=1S/C16H22N2O4S/c1-3-17-15(20)10(2)18-14(19)8-22-16(21)12-9-23-13-7-5-4-6-11(12)13/h9-10H,3-8H2,1-2H3,(H,17,20)(H,18,19)/t10-/m0/s1. The molecule has 6 nitrogen and oxygen atoms in total. The van der Waals surface area contributed by atoms with Crippen molar-refractivity contribution in [1.29, 1.82) is 0 Å². The molecule has 1 heterocycles. The number of nitrogens with one attached hydrogen (secondary N) is 2. The number of fused-ring (bicyclic) bond motifs is 1. The lowest BCUT2D eigenvalue weighted by Gasteiger charge is -2.14. The van der Waals surface area contributed by atoms with E-state index in [1.165, 1.54) is 4.88 Å². The first-order valence-corrected chi connectivity index (χ1v) is 8.74. The minimum atomic E-state index is -0.657. The lowest BCUT2D eigenvalue weighted by molar-refractivity contribution is -0.130. The minimum absolute atomic E-state index is 0.265. The molecule has 0 spiro atoms. The van der Waals surface area contributed by atoms with Crippen LogP contribution in [-0.4, -0.2) is 37.0 Å². The van der Waals surface area contributed by atoms with Gasteiger partial charge < -0.3 is 15.4 Å². The second kappa shape index (κ2) is 8.10. The molecule has 0 radical (unpaired) electrons. The van der Waals surface area contributed by atoms with Crippen LogP contribution in [0.25, 0.3) is 0 Å². The normalized spacial score (nSPS) is 14.5. The van der Waals surface area contributed by atoms with Gasteiger partial charge in [0.2, 0.25) is 5.91 Å². The maximum absolute atomic E-state index is 12.1. The molecule has 1 aliphatic rings. The maximum Gasteiger partial charge on any atom is 0.339 e. The summed E-state index contributed by atoms with van der Waals surface area (Å²) < 4.78 is 5.08. The Kier molecular flexibility index (Phi) is 6.15. The molecule has 1 aromatic rings. The van der Waals surface area contributed by atoms with E-state index in [0.717, 1.165) is 31.2 Å². The highest BCUT2D eigenvalue weighted by molar-refractivity contribution is 7.10. The Hall–Kier alpha value is -1.89. The van der Waals surface area contributed by atoms with Crippen molar-refractivity contribution in [3.8, 4) is 0 Å². The van der Waals surface area contributed by atoms with E-state index in [2.05, 4.69) is 10.6 Å². The zero-order valence-corrected chi connectivity index (χ0v) is 14.3. The van der Waals surface area contributed by atoms with Gasteiger partial charge >= 0.3 is 5.97 Å². The van der Waals surface area contributed by atoms with Crippen LogP contribution < -0.4 is 10.6 Å². The highest BCUT2D eigenvalue weighted by Crippen LogP contribution is 2.30. The van der Waals surface area contributed by atoms with E-state index in [9.17, 15) is 14.4 Å². The molecule has 7 heteroatoms. The molecule has 0 bridgehead atoms. The van der Waals surface area contributed by atoms with Crippen LogP contribution in [0, 0.1) is 0 Å². The molecule has 1 aliphatic carbocycles. The van der Waals surface area contributed by atoms with Crippen molar-refractivity contribution in [2.75, 3.05) is 13.2 Å². The van der Waals surface area contributed by atoms with Crippen molar-refractivity contribution in [3.63, 3.8) is 0 Å². The molecule has 0 aliphatic heterocycles. The number of aryl methyl sites for hydroxylation is 1. The van der Waals surface area contributed by atoms with Gasteiger partial charge in [-0.2, -0.15) is 0 Å². The molecule has 2 amide bonds. The molecule has 1 atom stereocenters. The van der Waals surface area contributed by atoms with Gasteiger partial charge in [-0.15, -0.1) is 11.3 Å². The Balaban J connectivity index is 1.83. The third-order valence-electron chi connectivity index (χ3n) is 3.74. The maximum atomic E-state index is 12.1. The van der Waals surface area contributed by atoms with Crippen LogP contribution in [0.5, 0.6) is 0 Å². The Morgan fingerprint density at radius 3 is 2.78 bits per heavy atom. The van der Waals surface area contributed by atoms with Gasteiger partial charge in [0.25, 0.3) is 5.91 Å². The van der Waals surface area contributed by atoms with Gasteiger partial charge in [-0.25, -0.2) is 4.79 Å². The smallest absolute Gasteiger partial charge is 0.339 e. The molecule has 2 rings (SSSR count). The summed E-state index contributed by atoms with van der Waals surface area (Å²) in [5, 5.41) is 6.93. The van der Waals surface area contributed by atoms with Crippen molar-refractivity contribution >= 4 is 29.1 Å². The summed E-state index contributed by atoms with van der Waals surface area (Å²) in [5.74, 6) is -1.22. The van der Waals surface area contributed by atoms with Gasteiger partial charge in [0.15, 0.2) is 6.61 Å². The van der Waals surface area contributed by atoms with E-state index in [0.29, 0.717) is 12.1 Å². The summed E-state index contributed by atoms with van der Waals surface area (Å²) in [7, 11) is 0. The molecular formula is C16H22N2O4S. The number of esters is 1. The molecule has 1 aromatic heterocycles. The lowest BCUT2D eigenvalue weighted by atomic mass is 9.96. The zero-order valence-electron chi connectivity index (χ0n) is 13.4. The Morgan fingerprint density at radius 2 is 2.04 bits per heavy atom. The third-order valence-corrected chi connectivity index (χ3v) is 4.83. The van der Waals surface area contributed by atoms with Gasteiger partial charge in [-0.05, 0) is 45.1 Å². The van der Waals surface area contributed by atoms with E-state index >= 15 is 0 Å². The van der Waals surface area contributed by atoms with Gasteiger partial charge in [0.05, 0.1) is 5.56 Å². The van der Waals surface area contributed by atoms with Gasteiger partial charge in [0.1, 0.15) is 6.04 Å².